The minimum absolute atomic E-state index is 0.0907. The van der Waals surface area contributed by atoms with Crippen LogP contribution in [0.4, 0.5) is 5.69 Å². The smallest absolute Gasteiger partial charge is 0.295 e. The number of nitrogens with one attached hydrogen (secondary N) is 1. The predicted octanol–water partition coefficient (Wildman–Crippen LogP) is 1.36. The molecular formula is C11H9NO5S. The number of benzene rings is 2. The summed E-state index contributed by atoms with van der Waals surface area (Å²) in [5.74, 6) is -0.437. The van der Waals surface area contributed by atoms with Crippen molar-refractivity contribution < 1.29 is 22.9 Å². The molecule has 0 bridgehead atoms. The normalized spacial score (nSPS) is 11.4. The molecule has 0 unspecified atom stereocenters. The summed E-state index contributed by atoms with van der Waals surface area (Å²) in [5.41, 5.74) is 0.0907. The summed E-state index contributed by atoms with van der Waals surface area (Å²) in [6.07, 6.45) is 0.370. The highest BCUT2D eigenvalue weighted by atomic mass is 32.2. The molecule has 0 atom stereocenters. The Balaban J connectivity index is 2.94. The zero-order valence-corrected chi connectivity index (χ0v) is 9.81. The van der Waals surface area contributed by atoms with E-state index < -0.39 is 20.8 Å². The molecule has 0 spiro atoms. The molecule has 2 aromatic rings. The van der Waals surface area contributed by atoms with Crippen molar-refractivity contribution in [2.75, 3.05) is 5.32 Å². The van der Waals surface area contributed by atoms with Crippen LogP contribution >= 0.6 is 0 Å². The largest absolute Gasteiger partial charge is 0.506 e. The maximum atomic E-state index is 11.2. The number of hydrogen-bond acceptors (Lipinski definition) is 4. The van der Waals surface area contributed by atoms with Gasteiger partial charge in [0.15, 0.2) is 0 Å². The number of anilines is 1. The van der Waals surface area contributed by atoms with E-state index in [0.29, 0.717) is 11.8 Å². The number of hydrogen-bond donors (Lipinski definition) is 3. The van der Waals surface area contributed by atoms with Crippen LogP contribution in [0.2, 0.25) is 0 Å². The first-order chi connectivity index (χ1) is 8.45. The average Bonchev–Trinajstić information content (AvgIpc) is 2.31. The third kappa shape index (κ3) is 2.01. The molecule has 0 aliphatic carbocycles. The van der Waals surface area contributed by atoms with Gasteiger partial charge >= 0.3 is 0 Å². The monoisotopic (exact) mass is 267 g/mol. The molecule has 18 heavy (non-hydrogen) atoms. The summed E-state index contributed by atoms with van der Waals surface area (Å²) >= 11 is 0. The van der Waals surface area contributed by atoms with E-state index >= 15 is 0 Å². The second kappa shape index (κ2) is 4.28. The number of carbonyl (C=O) groups is 1. The van der Waals surface area contributed by atoms with Crippen LogP contribution in [0.1, 0.15) is 0 Å². The molecule has 0 aromatic heterocycles. The van der Waals surface area contributed by atoms with Gasteiger partial charge in [-0.15, -0.1) is 0 Å². The van der Waals surface area contributed by atoms with Crippen molar-refractivity contribution in [1.82, 2.24) is 0 Å². The van der Waals surface area contributed by atoms with Crippen molar-refractivity contribution in [2.45, 2.75) is 4.90 Å². The fourth-order valence-electron chi connectivity index (χ4n) is 1.75. The Bertz CT molecular complexity index is 724. The summed E-state index contributed by atoms with van der Waals surface area (Å²) in [6.45, 7) is 0. The van der Waals surface area contributed by atoms with Gasteiger partial charge in [0, 0.05) is 16.8 Å². The number of rotatable bonds is 3. The van der Waals surface area contributed by atoms with E-state index in [9.17, 15) is 18.3 Å². The summed E-state index contributed by atoms with van der Waals surface area (Å²) in [6, 6.07) is 7.08. The molecule has 2 aromatic carbocycles. The van der Waals surface area contributed by atoms with E-state index in [4.69, 9.17) is 4.55 Å². The van der Waals surface area contributed by atoms with Gasteiger partial charge in [0.2, 0.25) is 6.41 Å². The fourth-order valence-corrected chi connectivity index (χ4v) is 2.47. The number of fused-ring (bicyclic) bond motifs is 1. The van der Waals surface area contributed by atoms with Crippen LogP contribution in [-0.4, -0.2) is 24.5 Å². The first kappa shape index (κ1) is 12.3. The van der Waals surface area contributed by atoms with Gasteiger partial charge in [-0.25, -0.2) is 0 Å². The minimum Gasteiger partial charge on any atom is -0.506 e. The molecule has 3 N–H and O–H groups in total. The second-order valence-corrected chi connectivity index (χ2v) is 4.94. The topological polar surface area (TPSA) is 104 Å². The number of phenolic OH excluding ortho intramolecular Hbond substituents is 1. The maximum absolute atomic E-state index is 11.2. The van der Waals surface area contributed by atoms with Gasteiger partial charge in [-0.2, -0.15) is 8.42 Å². The number of amides is 1. The van der Waals surface area contributed by atoms with E-state index in [1.807, 2.05) is 0 Å². The molecule has 0 saturated carbocycles. The lowest BCUT2D eigenvalue weighted by Gasteiger charge is -2.10. The molecule has 0 aliphatic rings. The lowest BCUT2D eigenvalue weighted by atomic mass is 10.1. The van der Waals surface area contributed by atoms with Crippen molar-refractivity contribution >= 4 is 33.0 Å². The first-order valence-electron chi connectivity index (χ1n) is 4.87. The lowest BCUT2D eigenvalue weighted by molar-refractivity contribution is -0.105. The van der Waals surface area contributed by atoms with Gasteiger partial charge in [-0.1, -0.05) is 24.3 Å². The fraction of sp³-hybridized carbons (Fsp3) is 0. The molecule has 7 heteroatoms. The quantitative estimate of drug-likeness (QED) is 0.442. The van der Waals surface area contributed by atoms with Crippen molar-refractivity contribution in [3.05, 3.63) is 30.3 Å². The van der Waals surface area contributed by atoms with Crippen molar-refractivity contribution in [2.24, 2.45) is 0 Å². The highest BCUT2D eigenvalue weighted by Crippen LogP contribution is 2.36. The number of carbonyl (C=O) groups excluding carboxylic acids is 1. The second-order valence-electron chi connectivity index (χ2n) is 3.55. The molecule has 0 radical (unpaired) electrons. The van der Waals surface area contributed by atoms with Gasteiger partial charge in [0.05, 0.1) is 5.69 Å². The Morgan fingerprint density at radius 1 is 1.17 bits per heavy atom. The average molecular weight is 267 g/mol. The van der Waals surface area contributed by atoms with Crippen LogP contribution in [-0.2, 0) is 14.9 Å². The van der Waals surface area contributed by atoms with Crippen LogP contribution in [0.3, 0.4) is 0 Å². The van der Waals surface area contributed by atoms with Crippen molar-refractivity contribution in [3.8, 4) is 5.75 Å². The van der Waals surface area contributed by atoms with Crippen LogP contribution in [0.25, 0.3) is 10.8 Å². The zero-order chi connectivity index (χ0) is 13.3. The van der Waals surface area contributed by atoms with E-state index in [1.54, 1.807) is 12.1 Å². The molecule has 0 aliphatic heterocycles. The van der Waals surface area contributed by atoms with Crippen molar-refractivity contribution in [3.63, 3.8) is 0 Å². The Morgan fingerprint density at radius 3 is 2.33 bits per heavy atom. The highest BCUT2D eigenvalue weighted by Gasteiger charge is 2.18. The predicted molar refractivity (Wildman–Crippen MR) is 65.1 cm³/mol. The molecule has 94 valence electrons. The van der Waals surface area contributed by atoms with E-state index in [1.165, 1.54) is 12.1 Å². The Morgan fingerprint density at radius 2 is 1.78 bits per heavy atom. The minimum atomic E-state index is -4.46. The van der Waals surface area contributed by atoms with E-state index in [2.05, 4.69) is 5.32 Å². The molecule has 0 heterocycles. The third-order valence-electron chi connectivity index (χ3n) is 2.47. The molecule has 0 fully saturated rings. The summed E-state index contributed by atoms with van der Waals surface area (Å²) in [5, 5.41) is 12.5. The number of aromatic hydroxyl groups is 1. The van der Waals surface area contributed by atoms with Gasteiger partial charge < -0.3 is 10.4 Å². The molecule has 1 amide bonds. The standard InChI is InChI=1S/C11H9NO5S/c13-6-12-11-8-4-2-1-3-7(8)10(5-9(11)14)18(15,16)17/h1-6,14H,(H,12,13)(H,15,16,17). The Labute approximate surface area is 103 Å². The first-order valence-corrected chi connectivity index (χ1v) is 6.31. The Hall–Kier alpha value is -2.12. The van der Waals surface area contributed by atoms with Crippen LogP contribution in [0.15, 0.2) is 35.2 Å². The van der Waals surface area contributed by atoms with Crippen LogP contribution in [0.5, 0.6) is 5.75 Å². The molecule has 6 nitrogen and oxygen atoms in total. The lowest BCUT2D eigenvalue weighted by Crippen LogP contribution is -2.02. The molecular weight excluding hydrogens is 258 g/mol. The molecule has 0 saturated heterocycles. The van der Waals surface area contributed by atoms with Crippen molar-refractivity contribution in [1.29, 1.82) is 0 Å². The molecule has 2 rings (SSSR count). The van der Waals surface area contributed by atoms with E-state index in [-0.39, 0.29) is 11.1 Å². The summed E-state index contributed by atoms with van der Waals surface area (Å²) in [4.78, 5) is 10.1. The maximum Gasteiger partial charge on any atom is 0.295 e. The summed E-state index contributed by atoms with van der Waals surface area (Å²) in [7, 11) is -4.46. The third-order valence-corrected chi connectivity index (χ3v) is 3.36. The van der Waals surface area contributed by atoms with Gasteiger partial charge in [-0.05, 0) is 0 Å². The zero-order valence-electron chi connectivity index (χ0n) is 8.99. The van der Waals surface area contributed by atoms with E-state index in [0.717, 1.165) is 6.07 Å². The highest BCUT2D eigenvalue weighted by molar-refractivity contribution is 7.86. The van der Waals surface area contributed by atoms with Gasteiger partial charge in [0.25, 0.3) is 10.1 Å². The summed E-state index contributed by atoms with van der Waals surface area (Å²) < 4.78 is 31.5. The van der Waals surface area contributed by atoms with Gasteiger partial charge in [0.1, 0.15) is 10.6 Å². The van der Waals surface area contributed by atoms with Gasteiger partial charge in [-0.3, -0.25) is 9.35 Å². The van der Waals surface area contributed by atoms with Crippen LogP contribution in [0, 0.1) is 0 Å². The Kier molecular flexibility index (Phi) is 2.93. The van der Waals surface area contributed by atoms with Crippen LogP contribution < -0.4 is 5.32 Å². The SMILES string of the molecule is O=CNc1c(O)cc(S(=O)(=O)O)c2ccccc12. The number of phenols is 1.